The van der Waals surface area contributed by atoms with E-state index in [1.807, 2.05) is 49.9 Å². The van der Waals surface area contributed by atoms with E-state index in [2.05, 4.69) is 24.5 Å². The maximum Gasteiger partial charge on any atom is 0.290 e. The van der Waals surface area contributed by atoms with Crippen LogP contribution in [0.25, 0.3) is 11.1 Å². The molecule has 1 unspecified atom stereocenters. The molecule has 3 aromatic rings. The van der Waals surface area contributed by atoms with Crippen LogP contribution in [0.3, 0.4) is 0 Å². The molecule has 2 aromatic carbocycles. The molecule has 0 spiro atoms. The van der Waals surface area contributed by atoms with Crippen LogP contribution >= 0.6 is 11.6 Å². The summed E-state index contributed by atoms with van der Waals surface area (Å²) in [5, 5.41) is 13.0. The molecule has 2 amide bonds. The highest BCUT2D eigenvalue weighted by Crippen LogP contribution is 2.40. The number of pyridine rings is 1. The lowest BCUT2D eigenvalue weighted by molar-refractivity contribution is -0.123. The van der Waals surface area contributed by atoms with Crippen LogP contribution in [-0.4, -0.2) is 65.5 Å². The van der Waals surface area contributed by atoms with E-state index in [0.29, 0.717) is 54.5 Å². The molecule has 1 aliphatic carbocycles. The molecule has 1 heterocycles. The van der Waals surface area contributed by atoms with Crippen molar-refractivity contribution in [3.8, 4) is 11.1 Å². The normalized spacial score (nSPS) is 14.0. The number of aryl methyl sites for hydroxylation is 3. The van der Waals surface area contributed by atoms with Crippen LogP contribution in [0.4, 0.5) is 13.2 Å². The van der Waals surface area contributed by atoms with Crippen molar-refractivity contribution in [3.63, 3.8) is 0 Å². The van der Waals surface area contributed by atoms with Crippen LogP contribution in [0.1, 0.15) is 85.1 Å². The number of carbonyl (C=O) groups is 3. The minimum Gasteiger partial charge on any atom is -0.483 e. The van der Waals surface area contributed by atoms with E-state index in [1.54, 1.807) is 26.2 Å². The summed E-state index contributed by atoms with van der Waals surface area (Å²) in [6, 6.07) is 10.2. The molecule has 1 atom stereocenters. The van der Waals surface area contributed by atoms with Crippen molar-refractivity contribution in [1.29, 1.82) is 0 Å². The lowest BCUT2D eigenvalue weighted by Crippen LogP contribution is -2.50. The summed E-state index contributed by atoms with van der Waals surface area (Å²) in [4.78, 5) is 45.6. The summed E-state index contributed by atoms with van der Waals surface area (Å²) in [5.74, 6) is -2.71. The maximum atomic E-state index is 14.5. The molecule has 9 nitrogen and oxygen atoms in total. The van der Waals surface area contributed by atoms with Gasteiger partial charge in [0.2, 0.25) is 6.41 Å². The number of nitrogens with one attached hydrogen (secondary N) is 2. The fraction of sp³-hybridized carbons (Fsp3) is 0.474. The first kappa shape index (κ1) is 43.0. The van der Waals surface area contributed by atoms with Gasteiger partial charge in [-0.05, 0) is 111 Å². The Morgan fingerprint density at radius 3 is 2.25 bits per heavy atom. The number of hydrogen-bond donors (Lipinski definition) is 3. The van der Waals surface area contributed by atoms with Crippen molar-refractivity contribution in [3.05, 3.63) is 91.6 Å². The summed E-state index contributed by atoms with van der Waals surface area (Å²) in [6.07, 6.45) is 3.46. The minimum atomic E-state index is -2.55. The molecule has 3 N–H and O–H groups in total. The molecule has 51 heavy (non-hydrogen) atoms. The molecular formula is C38H50ClF3N4O5. The number of halogens is 4. The van der Waals surface area contributed by atoms with E-state index in [1.165, 1.54) is 10.6 Å². The largest absolute Gasteiger partial charge is 0.483 e. The molecule has 280 valence electrons. The van der Waals surface area contributed by atoms with Gasteiger partial charge in [0.1, 0.15) is 11.4 Å². The molecule has 0 bridgehead atoms. The fourth-order valence-electron chi connectivity index (χ4n) is 5.92. The highest BCUT2D eigenvalue weighted by Gasteiger charge is 2.46. The standard InChI is InChI=1S/C19H21ClFNO.C18H27F2N3O2.CH2O2/c1-5-17(22-10-23)16-9-14(6-13(4)19(16)21)18-11(2)7-15(20)8-12(18)3;1-13(2)6-7-21-16(24)15-5-4-8-23(17(15)25)10-9-22(3)14-11-18(19,20)12-14;2-1-3/h6-10,17H,5H2,1-4H3,(H,22,23);4-5,8,13-14H,6-7,9-12H2,1-3H3,(H,21,24);1H,(H,2,3). The van der Waals surface area contributed by atoms with Gasteiger partial charge in [0.15, 0.2) is 0 Å². The van der Waals surface area contributed by atoms with E-state index < -0.39 is 5.92 Å². The number of carboxylic acid groups (broad SMARTS) is 1. The number of carbonyl (C=O) groups excluding carboxylic acids is 2. The quantitative estimate of drug-likeness (QED) is 0.158. The zero-order valence-corrected chi connectivity index (χ0v) is 31.1. The van der Waals surface area contributed by atoms with E-state index in [0.717, 1.165) is 28.7 Å². The lowest BCUT2D eigenvalue weighted by atomic mass is 9.87. The van der Waals surface area contributed by atoms with Crippen molar-refractivity contribution in [2.75, 3.05) is 20.1 Å². The third-order valence-electron chi connectivity index (χ3n) is 8.78. The Balaban J connectivity index is 0.000000329. The van der Waals surface area contributed by atoms with Crippen molar-refractivity contribution >= 4 is 30.4 Å². The van der Waals surface area contributed by atoms with Crippen LogP contribution in [-0.2, 0) is 16.1 Å². The molecule has 1 aromatic heterocycles. The Labute approximate surface area is 303 Å². The average Bonchev–Trinajstić information content (AvgIpc) is 3.03. The van der Waals surface area contributed by atoms with Crippen molar-refractivity contribution in [1.82, 2.24) is 20.1 Å². The van der Waals surface area contributed by atoms with Crippen molar-refractivity contribution < 1.29 is 32.7 Å². The fourth-order valence-corrected chi connectivity index (χ4v) is 6.24. The highest BCUT2D eigenvalue weighted by atomic mass is 35.5. The zero-order valence-electron chi connectivity index (χ0n) is 30.4. The van der Waals surface area contributed by atoms with E-state index in [9.17, 15) is 27.6 Å². The van der Waals surface area contributed by atoms with Crippen molar-refractivity contribution in [2.45, 2.75) is 91.8 Å². The zero-order chi connectivity index (χ0) is 38.5. The molecule has 0 radical (unpaired) electrons. The Morgan fingerprint density at radius 1 is 1.12 bits per heavy atom. The Hall–Kier alpha value is -4.16. The molecule has 1 saturated carbocycles. The summed E-state index contributed by atoms with van der Waals surface area (Å²) in [7, 11) is 1.79. The molecular weight excluding hydrogens is 685 g/mol. The molecule has 4 rings (SSSR count). The molecule has 13 heteroatoms. The van der Waals surface area contributed by atoms with Gasteiger partial charge in [0.05, 0.1) is 6.04 Å². The first-order chi connectivity index (χ1) is 24.0. The Kier molecular flexibility index (Phi) is 16.9. The second-order valence-corrected chi connectivity index (χ2v) is 13.7. The van der Waals surface area contributed by atoms with Gasteiger partial charge in [-0.15, -0.1) is 0 Å². The van der Waals surface area contributed by atoms with Gasteiger partial charge in [0, 0.05) is 55.3 Å². The Morgan fingerprint density at radius 2 is 1.73 bits per heavy atom. The predicted octanol–water partition coefficient (Wildman–Crippen LogP) is 7.32. The topological polar surface area (TPSA) is 121 Å². The number of alkyl halides is 2. The summed E-state index contributed by atoms with van der Waals surface area (Å²) < 4.78 is 41.9. The van der Waals surface area contributed by atoms with Crippen LogP contribution in [0.5, 0.6) is 0 Å². The summed E-state index contributed by atoms with van der Waals surface area (Å²) >= 11 is 6.10. The number of likely N-dealkylation sites (N-methyl/N-ethyl adjacent to an activating group) is 1. The monoisotopic (exact) mass is 734 g/mol. The molecule has 0 saturated heterocycles. The first-order valence-corrected chi connectivity index (χ1v) is 17.3. The lowest BCUT2D eigenvalue weighted by Gasteiger charge is -2.40. The van der Waals surface area contributed by atoms with Gasteiger partial charge in [0.25, 0.3) is 23.9 Å². The van der Waals surface area contributed by atoms with Crippen LogP contribution in [0, 0.1) is 32.5 Å². The number of nitrogens with zero attached hydrogens (tertiary/aromatic N) is 2. The summed E-state index contributed by atoms with van der Waals surface area (Å²) in [5.41, 5.74) is 4.94. The number of aromatic nitrogens is 1. The molecule has 1 aliphatic rings. The van der Waals surface area contributed by atoms with E-state index >= 15 is 0 Å². The maximum absolute atomic E-state index is 14.5. The Bertz CT molecular complexity index is 1670. The average molecular weight is 735 g/mol. The third-order valence-corrected chi connectivity index (χ3v) is 9.00. The second kappa shape index (κ2) is 20.0. The number of rotatable bonds is 13. The van der Waals surface area contributed by atoms with Gasteiger partial charge in [-0.1, -0.05) is 32.4 Å². The number of benzene rings is 2. The first-order valence-electron chi connectivity index (χ1n) is 16.9. The van der Waals surface area contributed by atoms with Gasteiger partial charge >= 0.3 is 0 Å². The smallest absolute Gasteiger partial charge is 0.290 e. The van der Waals surface area contributed by atoms with Gasteiger partial charge in [-0.3, -0.25) is 19.2 Å². The van der Waals surface area contributed by atoms with Crippen LogP contribution in [0.2, 0.25) is 5.02 Å². The molecule has 0 aliphatic heterocycles. The second-order valence-electron chi connectivity index (χ2n) is 13.2. The highest BCUT2D eigenvalue weighted by molar-refractivity contribution is 6.30. The minimum absolute atomic E-state index is 0.115. The predicted molar refractivity (Wildman–Crippen MR) is 195 cm³/mol. The van der Waals surface area contributed by atoms with E-state index in [4.69, 9.17) is 21.5 Å². The number of amides is 2. The van der Waals surface area contributed by atoms with Crippen molar-refractivity contribution in [2.24, 2.45) is 5.92 Å². The van der Waals surface area contributed by atoms with E-state index in [-0.39, 0.29) is 54.2 Å². The SMILES string of the molecule is CC(C)CCNC(=O)c1cccn(CCN(C)C2CC(F)(F)C2)c1=O.CCC(NC=O)c1cc(-c2c(C)cc(Cl)cc2C)cc(C)c1F.O=CO. The molecule has 1 fully saturated rings. The van der Waals surface area contributed by atoms with Gasteiger partial charge < -0.3 is 25.2 Å². The third kappa shape index (κ3) is 12.5. The number of hydrogen-bond acceptors (Lipinski definition) is 5. The van der Waals surface area contributed by atoms with Crippen LogP contribution in [0.15, 0.2) is 47.4 Å². The van der Waals surface area contributed by atoms with Gasteiger partial charge in [-0.25, -0.2) is 13.2 Å². The van der Waals surface area contributed by atoms with Crippen LogP contribution < -0.4 is 16.2 Å². The summed E-state index contributed by atoms with van der Waals surface area (Å²) in [6.45, 7) is 12.9. The van der Waals surface area contributed by atoms with Gasteiger partial charge in [-0.2, -0.15) is 0 Å².